The summed E-state index contributed by atoms with van der Waals surface area (Å²) in [5.41, 5.74) is 5.20. The van der Waals surface area contributed by atoms with E-state index >= 15 is 0 Å². The zero-order chi connectivity index (χ0) is 13.2. The van der Waals surface area contributed by atoms with Gasteiger partial charge in [0.25, 0.3) is 0 Å². The van der Waals surface area contributed by atoms with Gasteiger partial charge in [-0.25, -0.2) is 8.78 Å². The molecule has 1 atom stereocenters. The molecular weight excluding hydrogens is 246 g/mol. The maximum Gasteiger partial charge on any atom is 0.182 e. The van der Waals surface area contributed by atoms with Crippen LogP contribution < -0.4 is 10.6 Å². The molecule has 1 rings (SSSR count). The Morgan fingerprint density at radius 3 is 2.53 bits per heavy atom. The van der Waals surface area contributed by atoms with Crippen LogP contribution in [0.15, 0.2) is 12.1 Å². The normalized spacial score (nSPS) is 12.3. The maximum atomic E-state index is 13.7. The molecule has 0 amide bonds. The van der Waals surface area contributed by atoms with E-state index in [0.717, 1.165) is 0 Å². The number of thiocarbonyl (C=S) groups is 1. The van der Waals surface area contributed by atoms with E-state index < -0.39 is 17.7 Å². The number of likely N-dealkylation sites (N-methyl/N-ethyl adjacent to an activating group) is 1. The summed E-state index contributed by atoms with van der Waals surface area (Å²) in [6.07, 6.45) is -0.641. The molecule has 3 N–H and O–H groups in total. The van der Waals surface area contributed by atoms with Gasteiger partial charge in [0, 0.05) is 19.2 Å². The van der Waals surface area contributed by atoms with Gasteiger partial charge in [-0.2, -0.15) is 0 Å². The third-order valence-corrected chi connectivity index (χ3v) is 2.50. The number of benzene rings is 1. The topological polar surface area (TPSA) is 49.5 Å². The van der Waals surface area contributed by atoms with Crippen molar-refractivity contribution in [3.8, 4) is 0 Å². The van der Waals surface area contributed by atoms with Gasteiger partial charge in [0.05, 0.1) is 11.8 Å². The lowest BCUT2D eigenvalue weighted by Crippen LogP contribution is -2.28. The molecule has 3 nitrogen and oxygen atoms in total. The standard InChI is InChI=1S/C11H14F2N2OS/c1-6(16)5-15(2)8-4-3-7(11(14)17)9(12)10(8)13/h3-4,6,16H,5H2,1-2H3,(H2,14,17). The minimum Gasteiger partial charge on any atom is -0.392 e. The highest BCUT2D eigenvalue weighted by Crippen LogP contribution is 2.23. The molecule has 1 unspecified atom stereocenters. The molecule has 0 radical (unpaired) electrons. The number of hydrogen-bond acceptors (Lipinski definition) is 3. The van der Waals surface area contributed by atoms with E-state index in [9.17, 15) is 13.9 Å². The third kappa shape index (κ3) is 3.10. The summed E-state index contributed by atoms with van der Waals surface area (Å²) < 4.78 is 27.3. The molecule has 17 heavy (non-hydrogen) atoms. The smallest absolute Gasteiger partial charge is 0.182 e. The lowest BCUT2D eigenvalue weighted by molar-refractivity contribution is 0.201. The summed E-state index contributed by atoms with van der Waals surface area (Å²) in [6.45, 7) is 1.76. The fourth-order valence-electron chi connectivity index (χ4n) is 1.52. The van der Waals surface area contributed by atoms with E-state index in [4.69, 9.17) is 5.73 Å². The van der Waals surface area contributed by atoms with Gasteiger partial charge in [-0.05, 0) is 19.1 Å². The van der Waals surface area contributed by atoms with Crippen LogP contribution in [0.25, 0.3) is 0 Å². The molecule has 0 bridgehead atoms. The lowest BCUT2D eigenvalue weighted by Gasteiger charge is -2.22. The molecule has 94 valence electrons. The Morgan fingerprint density at radius 1 is 1.47 bits per heavy atom. The van der Waals surface area contributed by atoms with E-state index in [0.29, 0.717) is 0 Å². The fourth-order valence-corrected chi connectivity index (χ4v) is 1.68. The summed E-state index contributed by atoms with van der Waals surface area (Å²) in [4.78, 5) is 1.23. The number of hydrogen-bond donors (Lipinski definition) is 2. The highest BCUT2D eigenvalue weighted by molar-refractivity contribution is 7.80. The van der Waals surface area contributed by atoms with Crippen molar-refractivity contribution in [3.63, 3.8) is 0 Å². The van der Waals surface area contributed by atoms with Crippen LogP contribution in [0.4, 0.5) is 14.5 Å². The second-order valence-corrected chi connectivity index (χ2v) is 4.29. The van der Waals surface area contributed by atoms with Crippen molar-refractivity contribution in [2.75, 3.05) is 18.5 Å². The minimum atomic E-state index is -1.06. The predicted octanol–water partition coefficient (Wildman–Crippen LogP) is 1.42. The third-order valence-electron chi connectivity index (χ3n) is 2.28. The Morgan fingerprint density at radius 2 is 2.06 bits per heavy atom. The molecular formula is C11H14F2N2OS. The number of anilines is 1. The van der Waals surface area contributed by atoms with Crippen LogP contribution in [0.5, 0.6) is 0 Å². The molecule has 0 aliphatic rings. The van der Waals surface area contributed by atoms with Gasteiger partial charge in [-0.1, -0.05) is 12.2 Å². The Hall–Kier alpha value is -1.27. The van der Waals surface area contributed by atoms with E-state index in [-0.39, 0.29) is 22.8 Å². The van der Waals surface area contributed by atoms with Crippen LogP contribution in [-0.2, 0) is 0 Å². The van der Waals surface area contributed by atoms with E-state index in [2.05, 4.69) is 12.2 Å². The lowest BCUT2D eigenvalue weighted by atomic mass is 10.1. The van der Waals surface area contributed by atoms with Gasteiger partial charge in [0.15, 0.2) is 11.6 Å². The van der Waals surface area contributed by atoms with Crippen molar-refractivity contribution >= 4 is 22.9 Å². The number of rotatable bonds is 4. The average molecular weight is 260 g/mol. The maximum absolute atomic E-state index is 13.7. The van der Waals surface area contributed by atoms with Crippen molar-refractivity contribution in [2.45, 2.75) is 13.0 Å². The summed E-state index contributed by atoms with van der Waals surface area (Å²) in [5, 5.41) is 9.19. The van der Waals surface area contributed by atoms with Crippen LogP contribution in [-0.4, -0.2) is 29.8 Å². The van der Waals surface area contributed by atoms with Gasteiger partial charge >= 0.3 is 0 Å². The molecule has 0 saturated heterocycles. The largest absolute Gasteiger partial charge is 0.392 e. The van der Waals surface area contributed by atoms with Gasteiger partial charge in [-0.3, -0.25) is 0 Å². The van der Waals surface area contributed by atoms with Crippen molar-refractivity contribution in [3.05, 3.63) is 29.3 Å². The van der Waals surface area contributed by atoms with Crippen LogP contribution >= 0.6 is 12.2 Å². The number of halogens is 2. The van der Waals surface area contributed by atoms with Crippen molar-refractivity contribution in [1.29, 1.82) is 0 Å². The molecule has 0 spiro atoms. The first kappa shape index (κ1) is 13.8. The first-order valence-electron chi connectivity index (χ1n) is 5.01. The van der Waals surface area contributed by atoms with Crippen LogP contribution in [0, 0.1) is 11.6 Å². The monoisotopic (exact) mass is 260 g/mol. The van der Waals surface area contributed by atoms with Crippen LogP contribution in [0.3, 0.4) is 0 Å². The summed E-state index contributed by atoms with van der Waals surface area (Å²) in [7, 11) is 1.56. The number of aliphatic hydroxyl groups is 1. The highest BCUT2D eigenvalue weighted by Gasteiger charge is 2.17. The molecule has 0 aliphatic heterocycles. The quantitative estimate of drug-likeness (QED) is 0.804. The summed E-state index contributed by atoms with van der Waals surface area (Å²) in [6, 6.07) is 2.71. The summed E-state index contributed by atoms with van der Waals surface area (Å²) >= 11 is 4.61. The Bertz CT molecular complexity index is 438. The fraction of sp³-hybridized carbons (Fsp3) is 0.364. The van der Waals surface area contributed by atoms with Gasteiger partial charge in [-0.15, -0.1) is 0 Å². The Labute approximate surface area is 104 Å². The van der Waals surface area contributed by atoms with Gasteiger partial charge in [0.1, 0.15) is 4.99 Å². The van der Waals surface area contributed by atoms with Crippen molar-refractivity contribution in [2.24, 2.45) is 5.73 Å². The second-order valence-electron chi connectivity index (χ2n) is 3.85. The molecule has 0 aromatic heterocycles. The first-order chi connectivity index (χ1) is 7.84. The van der Waals surface area contributed by atoms with Crippen molar-refractivity contribution < 1.29 is 13.9 Å². The molecule has 6 heteroatoms. The Kier molecular flexibility index (Phi) is 4.36. The molecule has 0 fully saturated rings. The van der Waals surface area contributed by atoms with E-state index in [1.807, 2.05) is 0 Å². The zero-order valence-corrected chi connectivity index (χ0v) is 10.4. The molecule has 0 heterocycles. The highest BCUT2D eigenvalue weighted by atomic mass is 32.1. The predicted molar refractivity (Wildman–Crippen MR) is 67.2 cm³/mol. The van der Waals surface area contributed by atoms with E-state index in [1.165, 1.54) is 17.0 Å². The summed E-state index contributed by atoms with van der Waals surface area (Å²) in [5.74, 6) is -2.08. The van der Waals surface area contributed by atoms with Gasteiger partial charge < -0.3 is 15.7 Å². The first-order valence-corrected chi connectivity index (χ1v) is 5.42. The van der Waals surface area contributed by atoms with E-state index in [1.54, 1.807) is 14.0 Å². The Balaban J connectivity index is 3.12. The van der Waals surface area contributed by atoms with Crippen LogP contribution in [0.2, 0.25) is 0 Å². The SMILES string of the molecule is CC(O)CN(C)c1ccc(C(N)=S)c(F)c1F. The zero-order valence-electron chi connectivity index (χ0n) is 9.58. The average Bonchev–Trinajstić information content (AvgIpc) is 2.20. The van der Waals surface area contributed by atoms with Crippen molar-refractivity contribution in [1.82, 2.24) is 0 Å². The second kappa shape index (κ2) is 5.37. The molecule has 0 saturated carbocycles. The number of aliphatic hydroxyl groups excluding tert-OH is 1. The molecule has 0 aliphatic carbocycles. The number of nitrogens with zero attached hydrogens (tertiary/aromatic N) is 1. The molecule has 1 aromatic rings. The molecule has 1 aromatic carbocycles. The minimum absolute atomic E-state index is 0.0587. The number of nitrogens with two attached hydrogens (primary N) is 1. The van der Waals surface area contributed by atoms with Crippen LogP contribution in [0.1, 0.15) is 12.5 Å². The van der Waals surface area contributed by atoms with Gasteiger partial charge in [0.2, 0.25) is 0 Å².